The molecule has 0 bridgehead atoms. The Kier molecular flexibility index (Phi) is 4.64. The van der Waals surface area contributed by atoms with Gasteiger partial charge in [0.25, 0.3) is 0 Å². The minimum absolute atomic E-state index is 0.00704. The summed E-state index contributed by atoms with van der Waals surface area (Å²) in [7, 11) is 0. The fraction of sp³-hybridized carbons (Fsp3) is 0.700. The molecular weight excluding hydrogens is 152 g/mol. The lowest BCUT2D eigenvalue weighted by Gasteiger charge is -2.16. The van der Waals surface area contributed by atoms with Gasteiger partial charge in [-0.25, -0.2) is 4.79 Å². The molecule has 0 aromatic carbocycles. The monoisotopic (exact) mass is 170 g/mol. The fourth-order valence-electron chi connectivity index (χ4n) is 0.516. The first kappa shape index (κ1) is 11.2. The van der Waals surface area contributed by atoms with Gasteiger partial charge in [0.05, 0.1) is 0 Å². The van der Waals surface area contributed by atoms with Gasteiger partial charge in [0.1, 0.15) is 6.10 Å². The topological polar surface area (TPSA) is 26.3 Å². The Balaban J connectivity index is 4.02. The van der Waals surface area contributed by atoms with E-state index in [4.69, 9.17) is 4.74 Å². The van der Waals surface area contributed by atoms with Gasteiger partial charge in [-0.3, -0.25) is 0 Å². The van der Waals surface area contributed by atoms with Crippen LogP contribution in [0.5, 0.6) is 0 Å². The second-order valence-corrected chi connectivity index (χ2v) is 3.33. The number of allylic oxidation sites excluding steroid dienone is 1. The molecule has 2 heteroatoms. The summed E-state index contributed by atoms with van der Waals surface area (Å²) in [6.45, 7) is 9.56. The van der Waals surface area contributed by atoms with Crippen LogP contribution in [-0.2, 0) is 9.53 Å². The van der Waals surface area contributed by atoms with Crippen molar-refractivity contribution in [3.05, 3.63) is 11.6 Å². The molecule has 0 amide bonds. The van der Waals surface area contributed by atoms with Crippen molar-refractivity contribution in [2.75, 3.05) is 0 Å². The molecule has 70 valence electrons. The molecular formula is C10H18O2. The van der Waals surface area contributed by atoms with Gasteiger partial charge in [0, 0.05) is 5.57 Å². The molecule has 0 aliphatic carbocycles. The largest absolute Gasteiger partial charge is 0.459 e. The zero-order valence-electron chi connectivity index (χ0n) is 8.55. The first-order chi connectivity index (χ1) is 5.49. The van der Waals surface area contributed by atoms with Crippen LogP contribution < -0.4 is 0 Å². The Labute approximate surface area is 74.6 Å². The summed E-state index contributed by atoms with van der Waals surface area (Å²) in [6, 6.07) is 0. The third-order valence-corrected chi connectivity index (χ3v) is 1.99. The van der Waals surface area contributed by atoms with Crippen molar-refractivity contribution in [1.29, 1.82) is 0 Å². The lowest BCUT2D eigenvalue weighted by atomic mass is 10.1. The number of ether oxygens (including phenoxy) is 1. The maximum Gasteiger partial charge on any atom is 0.333 e. The molecule has 1 atom stereocenters. The van der Waals surface area contributed by atoms with E-state index in [0.717, 1.165) is 0 Å². The highest BCUT2D eigenvalue weighted by atomic mass is 16.5. The van der Waals surface area contributed by atoms with Gasteiger partial charge in [-0.05, 0) is 26.7 Å². The van der Waals surface area contributed by atoms with E-state index >= 15 is 0 Å². The first-order valence-electron chi connectivity index (χ1n) is 4.33. The molecule has 0 heterocycles. The van der Waals surface area contributed by atoms with Gasteiger partial charge in [-0.2, -0.15) is 0 Å². The molecule has 2 nitrogen and oxygen atoms in total. The minimum Gasteiger partial charge on any atom is -0.459 e. The van der Waals surface area contributed by atoms with Crippen LogP contribution in [0.4, 0.5) is 0 Å². The first-order valence-corrected chi connectivity index (χ1v) is 4.33. The van der Waals surface area contributed by atoms with Gasteiger partial charge >= 0.3 is 5.97 Å². The Hall–Kier alpha value is -0.790. The highest BCUT2D eigenvalue weighted by molar-refractivity contribution is 5.87. The molecule has 0 rings (SSSR count). The average Bonchev–Trinajstić information content (AvgIpc) is 2.02. The van der Waals surface area contributed by atoms with Crippen LogP contribution in [0, 0.1) is 5.92 Å². The van der Waals surface area contributed by atoms with Crippen LogP contribution in [0.25, 0.3) is 0 Å². The minimum atomic E-state index is -0.210. The van der Waals surface area contributed by atoms with Gasteiger partial charge < -0.3 is 4.74 Å². The van der Waals surface area contributed by atoms with Gasteiger partial charge in [-0.1, -0.05) is 19.9 Å². The summed E-state index contributed by atoms with van der Waals surface area (Å²) in [5.41, 5.74) is 0.669. The predicted octanol–water partition coefficient (Wildman–Crippen LogP) is 2.54. The lowest BCUT2D eigenvalue weighted by molar-refractivity contribution is -0.145. The van der Waals surface area contributed by atoms with Crippen LogP contribution in [0.3, 0.4) is 0 Å². The van der Waals surface area contributed by atoms with Crippen LogP contribution in [-0.4, -0.2) is 12.1 Å². The molecule has 0 aromatic rings. The summed E-state index contributed by atoms with van der Waals surface area (Å²) in [5.74, 6) is 0.164. The van der Waals surface area contributed by atoms with E-state index in [1.54, 1.807) is 13.0 Å². The number of hydrogen-bond acceptors (Lipinski definition) is 2. The second kappa shape index (κ2) is 4.96. The number of carbonyl (C=O) groups excluding carboxylic acids is 1. The third-order valence-electron chi connectivity index (χ3n) is 1.99. The van der Waals surface area contributed by atoms with Gasteiger partial charge in [0.15, 0.2) is 0 Å². The van der Waals surface area contributed by atoms with Crippen molar-refractivity contribution in [2.45, 2.75) is 40.7 Å². The quantitative estimate of drug-likeness (QED) is 0.480. The Morgan fingerprint density at radius 1 is 1.33 bits per heavy atom. The number of esters is 1. The average molecular weight is 170 g/mol. The molecule has 0 fully saturated rings. The van der Waals surface area contributed by atoms with Crippen LogP contribution in [0.1, 0.15) is 34.6 Å². The van der Waals surface area contributed by atoms with Gasteiger partial charge in [0.2, 0.25) is 0 Å². The number of hydrogen-bond donors (Lipinski definition) is 0. The summed E-state index contributed by atoms with van der Waals surface area (Å²) < 4.78 is 5.16. The molecule has 1 unspecified atom stereocenters. The lowest BCUT2D eigenvalue weighted by Crippen LogP contribution is -2.20. The Bertz CT molecular complexity index is 180. The third kappa shape index (κ3) is 3.56. The maximum absolute atomic E-state index is 11.2. The van der Waals surface area contributed by atoms with Crippen LogP contribution in [0.2, 0.25) is 0 Å². The van der Waals surface area contributed by atoms with E-state index < -0.39 is 0 Å². The van der Waals surface area contributed by atoms with Crippen molar-refractivity contribution in [3.8, 4) is 0 Å². The molecule has 0 radical (unpaired) electrons. The SMILES string of the molecule is CC=C(C)C(=O)OC(C)C(C)C. The summed E-state index contributed by atoms with van der Waals surface area (Å²) in [6.07, 6.45) is 1.75. The van der Waals surface area contributed by atoms with Crippen LogP contribution in [0.15, 0.2) is 11.6 Å². The highest BCUT2D eigenvalue weighted by Gasteiger charge is 2.13. The van der Waals surface area contributed by atoms with E-state index in [0.29, 0.717) is 11.5 Å². The highest BCUT2D eigenvalue weighted by Crippen LogP contribution is 2.08. The summed E-state index contributed by atoms with van der Waals surface area (Å²) >= 11 is 0. The van der Waals surface area contributed by atoms with E-state index in [-0.39, 0.29) is 12.1 Å². The van der Waals surface area contributed by atoms with Crippen molar-refractivity contribution in [1.82, 2.24) is 0 Å². The normalized spacial score (nSPS) is 14.7. The van der Waals surface area contributed by atoms with Crippen molar-refractivity contribution >= 4 is 5.97 Å². The molecule has 0 saturated carbocycles. The molecule has 12 heavy (non-hydrogen) atoms. The maximum atomic E-state index is 11.2. The summed E-state index contributed by atoms with van der Waals surface area (Å²) in [4.78, 5) is 11.2. The Morgan fingerprint density at radius 2 is 1.83 bits per heavy atom. The van der Waals surface area contributed by atoms with Crippen molar-refractivity contribution in [3.63, 3.8) is 0 Å². The zero-order chi connectivity index (χ0) is 9.72. The molecule has 0 aliphatic heterocycles. The van der Waals surface area contributed by atoms with Gasteiger partial charge in [-0.15, -0.1) is 0 Å². The van der Waals surface area contributed by atoms with Crippen molar-refractivity contribution < 1.29 is 9.53 Å². The number of carbonyl (C=O) groups is 1. The number of rotatable bonds is 3. The molecule has 0 saturated heterocycles. The molecule has 0 spiro atoms. The Morgan fingerprint density at radius 3 is 2.17 bits per heavy atom. The van der Waals surface area contributed by atoms with E-state index in [1.165, 1.54) is 0 Å². The second-order valence-electron chi connectivity index (χ2n) is 3.33. The molecule has 0 N–H and O–H groups in total. The van der Waals surface area contributed by atoms with E-state index in [9.17, 15) is 4.79 Å². The van der Waals surface area contributed by atoms with Crippen LogP contribution >= 0.6 is 0 Å². The zero-order valence-corrected chi connectivity index (χ0v) is 8.55. The molecule has 0 aromatic heterocycles. The van der Waals surface area contributed by atoms with E-state index in [1.807, 2.05) is 27.7 Å². The van der Waals surface area contributed by atoms with Crippen molar-refractivity contribution in [2.24, 2.45) is 5.92 Å². The fourth-order valence-corrected chi connectivity index (χ4v) is 0.516. The standard InChI is InChI=1S/C10H18O2/c1-6-8(4)10(11)12-9(5)7(2)3/h6-7,9H,1-5H3. The van der Waals surface area contributed by atoms with E-state index in [2.05, 4.69) is 0 Å². The summed E-state index contributed by atoms with van der Waals surface area (Å²) in [5, 5.41) is 0. The molecule has 0 aliphatic rings. The predicted molar refractivity (Wildman–Crippen MR) is 49.8 cm³/mol. The smallest absolute Gasteiger partial charge is 0.333 e.